The highest BCUT2D eigenvalue weighted by molar-refractivity contribution is 5.76. The van der Waals surface area contributed by atoms with Crippen molar-refractivity contribution < 1.29 is 4.79 Å². The van der Waals surface area contributed by atoms with Crippen molar-refractivity contribution in [3.8, 4) is 0 Å². The normalized spacial score (nSPS) is 16.0. The van der Waals surface area contributed by atoms with Crippen molar-refractivity contribution in [3.63, 3.8) is 0 Å². The Balaban J connectivity index is 4.53. The lowest BCUT2D eigenvalue weighted by Gasteiger charge is -2.39. The van der Waals surface area contributed by atoms with Crippen LogP contribution in [-0.2, 0) is 4.79 Å². The van der Waals surface area contributed by atoms with Crippen molar-refractivity contribution in [2.75, 3.05) is 20.6 Å². The lowest BCUT2D eigenvalue weighted by atomic mass is 9.86. The summed E-state index contributed by atoms with van der Waals surface area (Å²) >= 11 is 0. The van der Waals surface area contributed by atoms with Gasteiger partial charge >= 0.3 is 0 Å². The van der Waals surface area contributed by atoms with Gasteiger partial charge in [-0.05, 0) is 19.4 Å². The summed E-state index contributed by atoms with van der Waals surface area (Å²) in [7, 11) is 3.69. The number of hydrogen-bond donors (Lipinski definition) is 2. The summed E-state index contributed by atoms with van der Waals surface area (Å²) in [5.41, 5.74) is 5.92. The molecule has 96 valence electrons. The van der Waals surface area contributed by atoms with Crippen LogP contribution in [0, 0.1) is 5.41 Å². The van der Waals surface area contributed by atoms with E-state index in [2.05, 4.69) is 37.9 Å². The molecule has 0 aromatic rings. The number of nitrogens with one attached hydrogen (secondary N) is 1. The molecule has 0 aliphatic rings. The Hall–Kier alpha value is -0.610. The van der Waals surface area contributed by atoms with Crippen LogP contribution in [0.3, 0.4) is 0 Å². The SMILES string of the molecule is CNC(=O)CC(CN)N(C)C(C)C(C)(C)C. The number of hydrogen-bond acceptors (Lipinski definition) is 3. The minimum Gasteiger partial charge on any atom is -0.359 e. The van der Waals surface area contributed by atoms with Gasteiger partial charge in [-0.1, -0.05) is 20.8 Å². The summed E-state index contributed by atoms with van der Waals surface area (Å²) in [6, 6.07) is 0.486. The molecule has 3 N–H and O–H groups in total. The largest absolute Gasteiger partial charge is 0.359 e. The molecule has 0 aliphatic heterocycles. The second-order valence-corrected chi connectivity index (χ2v) is 5.47. The summed E-state index contributed by atoms with van der Waals surface area (Å²) in [4.78, 5) is 13.6. The molecule has 2 atom stereocenters. The third kappa shape index (κ3) is 4.49. The summed E-state index contributed by atoms with van der Waals surface area (Å²) in [6.45, 7) is 9.27. The van der Waals surface area contributed by atoms with Crippen LogP contribution >= 0.6 is 0 Å². The van der Waals surface area contributed by atoms with E-state index in [4.69, 9.17) is 5.73 Å². The third-order valence-electron chi connectivity index (χ3n) is 3.41. The minimum atomic E-state index is 0.0448. The van der Waals surface area contributed by atoms with E-state index in [1.165, 1.54) is 0 Å². The number of rotatable bonds is 5. The van der Waals surface area contributed by atoms with Gasteiger partial charge in [0.1, 0.15) is 0 Å². The van der Waals surface area contributed by atoms with Gasteiger partial charge in [0.05, 0.1) is 0 Å². The van der Waals surface area contributed by atoms with Crippen LogP contribution in [0.2, 0.25) is 0 Å². The number of likely N-dealkylation sites (N-methyl/N-ethyl adjacent to an activating group) is 1. The van der Waals surface area contributed by atoms with E-state index in [1.54, 1.807) is 7.05 Å². The van der Waals surface area contributed by atoms with Crippen molar-refractivity contribution in [2.45, 2.75) is 46.2 Å². The molecule has 16 heavy (non-hydrogen) atoms. The topological polar surface area (TPSA) is 58.4 Å². The second-order valence-electron chi connectivity index (χ2n) is 5.47. The number of amides is 1. The van der Waals surface area contributed by atoms with Gasteiger partial charge in [-0.25, -0.2) is 0 Å². The zero-order valence-corrected chi connectivity index (χ0v) is 11.5. The van der Waals surface area contributed by atoms with E-state index in [-0.39, 0.29) is 17.4 Å². The Morgan fingerprint density at radius 1 is 1.44 bits per heavy atom. The minimum absolute atomic E-state index is 0.0448. The van der Waals surface area contributed by atoms with Gasteiger partial charge in [-0.15, -0.1) is 0 Å². The number of nitrogens with two attached hydrogens (primary N) is 1. The van der Waals surface area contributed by atoms with Crippen LogP contribution in [0.15, 0.2) is 0 Å². The first-order chi connectivity index (χ1) is 7.23. The average molecular weight is 229 g/mol. The van der Waals surface area contributed by atoms with Crippen molar-refractivity contribution in [3.05, 3.63) is 0 Å². The van der Waals surface area contributed by atoms with Crippen molar-refractivity contribution in [1.29, 1.82) is 0 Å². The number of carbonyl (C=O) groups is 1. The maximum atomic E-state index is 11.4. The average Bonchev–Trinajstić information content (AvgIpc) is 2.22. The Kier molecular flexibility index (Phi) is 5.97. The van der Waals surface area contributed by atoms with Gasteiger partial charge in [-0.2, -0.15) is 0 Å². The van der Waals surface area contributed by atoms with Gasteiger partial charge < -0.3 is 11.1 Å². The van der Waals surface area contributed by atoms with E-state index in [0.29, 0.717) is 19.0 Å². The molecular formula is C12H27N3O. The molecule has 2 unspecified atom stereocenters. The lowest BCUT2D eigenvalue weighted by Crippen LogP contribution is -2.49. The highest BCUT2D eigenvalue weighted by Gasteiger charge is 2.28. The Morgan fingerprint density at radius 2 is 1.94 bits per heavy atom. The van der Waals surface area contributed by atoms with Crippen LogP contribution in [0.1, 0.15) is 34.1 Å². The summed E-state index contributed by atoms with van der Waals surface area (Å²) < 4.78 is 0. The Labute approximate surface area is 99.6 Å². The van der Waals surface area contributed by atoms with E-state index >= 15 is 0 Å². The Morgan fingerprint density at radius 3 is 2.25 bits per heavy atom. The Bertz CT molecular complexity index is 223. The molecule has 0 aliphatic carbocycles. The van der Waals surface area contributed by atoms with Crippen LogP contribution < -0.4 is 11.1 Å². The molecule has 0 saturated heterocycles. The molecule has 0 saturated carbocycles. The standard InChI is InChI=1S/C12H27N3O/c1-9(12(2,3)4)15(6)10(8-13)7-11(16)14-5/h9-10H,7-8,13H2,1-6H3,(H,14,16). The highest BCUT2D eigenvalue weighted by atomic mass is 16.1. The van der Waals surface area contributed by atoms with Crippen molar-refractivity contribution >= 4 is 5.91 Å². The first kappa shape index (κ1) is 15.4. The maximum absolute atomic E-state index is 11.4. The quantitative estimate of drug-likeness (QED) is 0.733. The van der Waals surface area contributed by atoms with Crippen molar-refractivity contribution in [1.82, 2.24) is 10.2 Å². The van der Waals surface area contributed by atoms with Gasteiger partial charge in [0.2, 0.25) is 5.91 Å². The zero-order chi connectivity index (χ0) is 12.9. The predicted molar refractivity (Wildman–Crippen MR) is 68.2 cm³/mol. The van der Waals surface area contributed by atoms with Crippen LogP contribution in [0.5, 0.6) is 0 Å². The smallest absolute Gasteiger partial charge is 0.221 e. The van der Waals surface area contributed by atoms with Gasteiger partial charge in [0, 0.05) is 32.1 Å². The van der Waals surface area contributed by atoms with Crippen LogP contribution in [-0.4, -0.2) is 43.5 Å². The summed E-state index contributed by atoms with van der Waals surface area (Å²) in [5.74, 6) is 0.0448. The molecule has 0 heterocycles. The fourth-order valence-corrected chi connectivity index (χ4v) is 1.64. The highest BCUT2D eigenvalue weighted by Crippen LogP contribution is 2.24. The molecule has 0 aromatic heterocycles. The van der Waals surface area contributed by atoms with Gasteiger partial charge in [0.15, 0.2) is 0 Å². The zero-order valence-electron chi connectivity index (χ0n) is 11.5. The molecule has 0 rings (SSSR count). The van der Waals surface area contributed by atoms with E-state index in [9.17, 15) is 4.79 Å². The maximum Gasteiger partial charge on any atom is 0.221 e. The molecule has 0 aromatic carbocycles. The predicted octanol–water partition coefficient (Wildman–Crippen LogP) is 0.816. The molecule has 0 bridgehead atoms. The van der Waals surface area contributed by atoms with Crippen LogP contribution in [0.4, 0.5) is 0 Å². The molecule has 4 heteroatoms. The second kappa shape index (κ2) is 6.21. The molecule has 0 fully saturated rings. The first-order valence-electron chi connectivity index (χ1n) is 5.86. The third-order valence-corrected chi connectivity index (χ3v) is 3.41. The molecule has 1 amide bonds. The molecule has 0 radical (unpaired) electrons. The van der Waals surface area contributed by atoms with Gasteiger partial charge in [-0.3, -0.25) is 9.69 Å². The summed E-state index contributed by atoms with van der Waals surface area (Å²) in [6.07, 6.45) is 0.462. The monoisotopic (exact) mass is 229 g/mol. The molecule has 4 nitrogen and oxygen atoms in total. The fourth-order valence-electron chi connectivity index (χ4n) is 1.64. The van der Waals surface area contributed by atoms with E-state index in [1.807, 2.05) is 7.05 Å². The first-order valence-corrected chi connectivity index (χ1v) is 5.86. The lowest BCUT2D eigenvalue weighted by molar-refractivity contribution is -0.122. The fraction of sp³-hybridized carbons (Fsp3) is 0.917. The number of nitrogens with zero attached hydrogens (tertiary/aromatic N) is 1. The summed E-state index contributed by atoms with van der Waals surface area (Å²) in [5, 5.41) is 2.64. The number of carbonyl (C=O) groups excluding carboxylic acids is 1. The molecule has 0 spiro atoms. The van der Waals surface area contributed by atoms with E-state index < -0.39 is 0 Å². The van der Waals surface area contributed by atoms with Crippen LogP contribution in [0.25, 0.3) is 0 Å². The van der Waals surface area contributed by atoms with E-state index in [0.717, 1.165) is 0 Å². The van der Waals surface area contributed by atoms with Crippen molar-refractivity contribution in [2.24, 2.45) is 11.1 Å². The molecular weight excluding hydrogens is 202 g/mol. The van der Waals surface area contributed by atoms with Gasteiger partial charge in [0.25, 0.3) is 0 Å².